The van der Waals surface area contributed by atoms with Crippen molar-refractivity contribution in [1.29, 1.82) is 0 Å². The maximum Gasteiger partial charge on any atom is 0.207 e. The zero-order valence-corrected chi connectivity index (χ0v) is 21.6. The Hall–Kier alpha value is -2.56. The van der Waals surface area contributed by atoms with E-state index in [-0.39, 0.29) is 25.8 Å². The molecule has 0 aromatic carbocycles. The summed E-state index contributed by atoms with van der Waals surface area (Å²) >= 11 is 0. The fourth-order valence-electron chi connectivity index (χ4n) is 5.27. The van der Waals surface area contributed by atoms with Crippen LogP contribution >= 0.6 is 0 Å². The summed E-state index contributed by atoms with van der Waals surface area (Å²) in [4.78, 5) is 44.3. The van der Waals surface area contributed by atoms with Crippen molar-refractivity contribution < 1.29 is 68.8 Å². The van der Waals surface area contributed by atoms with Gasteiger partial charge in [0.25, 0.3) is 0 Å². The third-order valence-electron chi connectivity index (χ3n) is 7.39. The molecule has 2 heterocycles. The van der Waals surface area contributed by atoms with Crippen molar-refractivity contribution in [2.45, 2.75) is 98.1 Å². The van der Waals surface area contributed by atoms with Gasteiger partial charge >= 0.3 is 0 Å². The van der Waals surface area contributed by atoms with Crippen LogP contribution in [0.15, 0.2) is 0 Å². The molecule has 3 rings (SSSR count). The highest BCUT2D eigenvalue weighted by Gasteiger charge is 2.53. The molecular formula is C22H37N5O14. The van der Waals surface area contributed by atoms with Gasteiger partial charge in [0.05, 0.1) is 18.7 Å². The molecule has 0 spiro atoms. The van der Waals surface area contributed by atoms with Gasteiger partial charge in [0.2, 0.25) is 25.6 Å². The summed E-state index contributed by atoms with van der Waals surface area (Å²) in [5, 5.41) is 72.1. The Kier molecular flexibility index (Phi) is 12.1. The van der Waals surface area contributed by atoms with Crippen molar-refractivity contribution in [3.05, 3.63) is 0 Å². The van der Waals surface area contributed by atoms with Crippen LogP contribution < -0.4 is 27.0 Å². The van der Waals surface area contributed by atoms with Gasteiger partial charge in [-0.3, -0.25) is 19.2 Å². The minimum atomic E-state index is -1.69. The van der Waals surface area contributed by atoms with Gasteiger partial charge in [-0.25, -0.2) is 0 Å². The van der Waals surface area contributed by atoms with E-state index in [1.165, 1.54) is 0 Å². The highest BCUT2D eigenvalue weighted by atomic mass is 16.7. The van der Waals surface area contributed by atoms with Crippen LogP contribution in [0, 0.1) is 0 Å². The molecule has 2 aliphatic heterocycles. The van der Waals surface area contributed by atoms with Crippen molar-refractivity contribution in [1.82, 2.24) is 21.3 Å². The largest absolute Gasteiger partial charge is 0.394 e. The first-order chi connectivity index (χ1) is 19.6. The molecule has 15 atom stereocenters. The lowest BCUT2D eigenvalue weighted by Crippen LogP contribution is -2.70. The van der Waals surface area contributed by atoms with Crippen molar-refractivity contribution in [2.75, 3.05) is 13.2 Å². The third-order valence-corrected chi connectivity index (χ3v) is 7.39. The molecule has 19 nitrogen and oxygen atoms in total. The smallest absolute Gasteiger partial charge is 0.207 e. The third kappa shape index (κ3) is 7.27. The molecule has 1 aliphatic carbocycles. The second-order valence-electron chi connectivity index (χ2n) is 9.86. The van der Waals surface area contributed by atoms with Gasteiger partial charge in [-0.05, 0) is 6.42 Å². The standard InChI is InChI=1S/C22H37N5O14/c23-8-1-9(25-5-30)20(41-21-13(27-7-32)16(35)15(34)10(38-21)2-24-4-29)18(37)19(8)40-22-17(36)12(26-6-31)14(33)11(3-28)39-22/h4-22,28,33-37H,1-3,23H2,(H,24,29)(H,25,30)(H,26,31)(H,27,32)/t8-,9+,10-,11-,12+,13-,14-,15-,16-,17-,18-,19+,20-,21-,22-/m1/s1. The minimum absolute atomic E-state index is 0.0736. The van der Waals surface area contributed by atoms with Crippen molar-refractivity contribution in [2.24, 2.45) is 5.73 Å². The lowest BCUT2D eigenvalue weighted by atomic mass is 9.83. The fraction of sp³-hybridized carbons (Fsp3) is 0.818. The summed E-state index contributed by atoms with van der Waals surface area (Å²) in [6, 6.07) is -4.66. The molecular weight excluding hydrogens is 558 g/mol. The molecule has 1 saturated carbocycles. The van der Waals surface area contributed by atoms with Gasteiger partial charge in [-0.2, -0.15) is 0 Å². The Morgan fingerprint density at radius 3 is 1.93 bits per heavy atom. The maximum absolute atomic E-state index is 11.3. The molecule has 0 radical (unpaired) electrons. The Labute approximate surface area is 233 Å². The van der Waals surface area contributed by atoms with Crippen LogP contribution in [0.5, 0.6) is 0 Å². The Morgan fingerprint density at radius 1 is 0.707 bits per heavy atom. The number of rotatable bonds is 14. The van der Waals surface area contributed by atoms with Gasteiger partial charge in [0.1, 0.15) is 61.0 Å². The van der Waals surface area contributed by atoms with Gasteiger partial charge < -0.3 is 76.6 Å². The van der Waals surface area contributed by atoms with Crippen LogP contribution in [0.2, 0.25) is 0 Å². The van der Waals surface area contributed by atoms with Crippen LogP contribution in [0.25, 0.3) is 0 Å². The number of ether oxygens (including phenoxy) is 4. The number of carbonyl (C=O) groups excluding carboxylic acids is 4. The molecule has 41 heavy (non-hydrogen) atoms. The normalized spacial score (nSPS) is 44.7. The number of aliphatic hydroxyl groups is 6. The average Bonchev–Trinajstić information content (AvgIpc) is 2.95. The highest BCUT2D eigenvalue weighted by Crippen LogP contribution is 2.32. The second kappa shape index (κ2) is 15.1. The summed E-state index contributed by atoms with van der Waals surface area (Å²) in [7, 11) is 0. The maximum atomic E-state index is 11.3. The van der Waals surface area contributed by atoms with E-state index in [0.717, 1.165) is 0 Å². The molecule has 0 aromatic rings. The second-order valence-corrected chi connectivity index (χ2v) is 9.86. The topological polar surface area (TPSA) is 301 Å². The average molecular weight is 596 g/mol. The predicted octanol–water partition coefficient (Wildman–Crippen LogP) is -8.18. The number of amides is 4. The Bertz CT molecular complexity index is 875. The number of hydrogen-bond donors (Lipinski definition) is 11. The molecule has 0 unspecified atom stereocenters. The molecule has 19 heteroatoms. The van der Waals surface area contributed by atoms with E-state index < -0.39 is 98.3 Å². The van der Waals surface area contributed by atoms with Gasteiger partial charge in [0, 0.05) is 12.6 Å². The number of carbonyl (C=O) groups is 4. The van der Waals surface area contributed by atoms with Crippen LogP contribution in [0.1, 0.15) is 6.42 Å². The molecule has 4 amide bonds. The first kappa shape index (κ1) is 32.9. The molecule has 12 N–H and O–H groups in total. The molecule has 0 aromatic heterocycles. The van der Waals surface area contributed by atoms with E-state index in [4.69, 9.17) is 24.7 Å². The van der Waals surface area contributed by atoms with Crippen LogP contribution in [-0.2, 0) is 38.1 Å². The van der Waals surface area contributed by atoms with Crippen molar-refractivity contribution in [3.8, 4) is 0 Å². The predicted molar refractivity (Wildman–Crippen MR) is 130 cm³/mol. The highest BCUT2D eigenvalue weighted by molar-refractivity contribution is 5.48. The fourth-order valence-corrected chi connectivity index (χ4v) is 5.27. The van der Waals surface area contributed by atoms with Crippen LogP contribution in [0.4, 0.5) is 0 Å². The first-order valence-corrected chi connectivity index (χ1v) is 12.8. The molecule has 3 aliphatic rings. The number of hydrogen-bond acceptors (Lipinski definition) is 15. The zero-order valence-electron chi connectivity index (χ0n) is 21.6. The summed E-state index contributed by atoms with van der Waals surface area (Å²) in [6.45, 7) is -0.959. The number of aliphatic hydroxyl groups excluding tert-OH is 6. The summed E-state index contributed by atoms with van der Waals surface area (Å²) in [6.07, 6.45) is -15.4. The Balaban J connectivity index is 1.85. The van der Waals surface area contributed by atoms with Gasteiger partial charge in [-0.1, -0.05) is 0 Å². The van der Waals surface area contributed by atoms with E-state index in [1.807, 2.05) is 0 Å². The van der Waals surface area contributed by atoms with Crippen molar-refractivity contribution >= 4 is 25.6 Å². The molecule has 234 valence electrons. The SMILES string of the molecule is N[C@@H]1C[C@H](NC=O)[C@@H](O[C@H]2O[C@H](CNC=O)[C@@H](O)[C@H](O)[C@H]2NC=O)[C@H](O)[C@H]1O[C@H]1O[C@H](CO)[C@@H](O)[C@H](NC=O)[C@H]1O. The van der Waals surface area contributed by atoms with E-state index in [0.29, 0.717) is 12.8 Å². The number of nitrogens with one attached hydrogen (secondary N) is 4. The van der Waals surface area contributed by atoms with Gasteiger partial charge in [-0.15, -0.1) is 0 Å². The lowest BCUT2D eigenvalue weighted by molar-refractivity contribution is -0.321. The van der Waals surface area contributed by atoms with E-state index >= 15 is 0 Å². The summed E-state index contributed by atoms with van der Waals surface area (Å²) in [5.41, 5.74) is 6.22. The van der Waals surface area contributed by atoms with E-state index in [1.54, 1.807) is 0 Å². The number of nitrogens with two attached hydrogens (primary N) is 1. The molecule has 2 saturated heterocycles. The quantitative estimate of drug-likeness (QED) is 0.0831. The summed E-state index contributed by atoms with van der Waals surface area (Å²) in [5.74, 6) is 0. The van der Waals surface area contributed by atoms with Crippen molar-refractivity contribution in [3.63, 3.8) is 0 Å². The molecule has 3 fully saturated rings. The zero-order chi connectivity index (χ0) is 30.3. The van der Waals surface area contributed by atoms with Crippen LogP contribution in [0.3, 0.4) is 0 Å². The van der Waals surface area contributed by atoms with Crippen LogP contribution in [-0.4, -0.2) is 161 Å². The lowest BCUT2D eigenvalue weighted by Gasteiger charge is -2.49. The molecule has 0 bridgehead atoms. The van der Waals surface area contributed by atoms with E-state index in [9.17, 15) is 49.8 Å². The monoisotopic (exact) mass is 595 g/mol. The first-order valence-electron chi connectivity index (χ1n) is 12.8. The Morgan fingerprint density at radius 2 is 1.32 bits per heavy atom. The minimum Gasteiger partial charge on any atom is -0.394 e. The van der Waals surface area contributed by atoms with E-state index in [2.05, 4.69) is 21.3 Å². The summed E-state index contributed by atoms with van der Waals surface area (Å²) < 4.78 is 22.9. The van der Waals surface area contributed by atoms with Gasteiger partial charge in [0.15, 0.2) is 12.6 Å².